The predicted octanol–water partition coefficient (Wildman–Crippen LogP) is 2.71. The Hall–Kier alpha value is -2.92. The number of ether oxygens (including phenoxy) is 2. The molecule has 0 saturated heterocycles. The van der Waals surface area contributed by atoms with Gasteiger partial charge in [0.15, 0.2) is 0 Å². The van der Waals surface area contributed by atoms with Crippen LogP contribution in [0.3, 0.4) is 0 Å². The molecular weight excluding hydrogens is 318 g/mol. The van der Waals surface area contributed by atoms with Gasteiger partial charge in [-0.3, -0.25) is 5.32 Å². The fraction of sp³-hybridized carbons (Fsp3) is 0.200. The molecule has 1 heterocycles. The smallest absolute Gasteiger partial charge is 0.336 e. The van der Waals surface area contributed by atoms with E-state index in [0.29, 0.717) is 0 Å². The van der Waals surface area contributed by atoms with Crippen molar-refractivity contribution in [3.63, 3.8) is 0 Å². The van der Waals surface area contributed by atoms with Gasteiger partial charge in [-0.25, -0.2) is 9.59 Å². The van der Waals surface area contributed by atoms with E-state index in [9.17, 15) is 9.59 Å². The summed E-state index contributed by atoms with van der Waals surface area (Å²) in [5.74, 6) is -1.08. The second kappa shape index (κ2) is 7.32. The van der Waals surface area contributed by atoms with Gasteiger partial charge in [0.1, 0.15) is 0 Å². The van der Waals surface area contributed by atoms with Gasteiger partial charge in [-0.15, -0.1) is 0 Å². The first kappa shape index (κ1) is 16.9. The molecule has 0 fully saturated rings. The van der Waals surface area contributed by atoms with E-state index in [1.807, 2.05) is 60.7 Å². The third kappa shape index (κ3) is 3.19. The summed E-state index contributed by atoms with van der Waals surface area (Å²) >= 11 is 0. The number of carbonyl (C=O) groups is 2. The largest absolute Gasteiger partial charge is 0.466 e. The molecule has 0 unspecified atom stereocenters. The standard InChI is InChI=1S/C20H19NO4/c1-24-19(22)15-16(20(23)25-2)18(14-11-7-4-8-12-14)21-17(15)13-9-5-3-6-10-13/h3-12,17-18,21H,1-2H3/t17-,18-/m1/s1. The number of esters is 2. The number of carbonyl (C=O) groups excluding carboxylic acids is 2. The molecule has 5 heteroatoms. The van der Waals surface area contributed by atoms with Gasteiger partial charge in [0.25, 0.3) is 0 Å². The molecule has 5 nitrogen and oxygen atoms in total. The van der Waals surface area contributed by atoms with Gasteiger partial charge >= 0.3 is 11.9 Å². The van der Waals surface area contributed by atoms with Crippen molar-refractivity contribution in [2.75, 3.05) is 14.2 Å². The molecule has 0 radical (unpaired) electrons. The van der Waals surface area contributed by atoms with Crippen LogP contribution in [0.1, 0.15) is 23.2 Å². The topological polar surface area (TPSA) is 64.6 Å². The number of hydrogen-bond donors (Lipinski definition) is 1. The lowest BCUT2D eigenvalue weighted by molar-refractivity contribution is -0.139. The van der Waals surface area contributed by atoms with E-state index < -0.39 is 24.0 Å². The lowest BCUT2D eigenvalue weighted by Gasteiger charge is -2.18. The van der Waals surface area contributed by atoms with Crippen LogP contribution >= 0.6 is 0 Å². The maximum atomic E-state index is 12.5. The lowest BCUT2D eigenvalue weighted by atomic mass is 9.95. The summed E-state index contributed by atoms with van der Waals surface area (Å²) in [5, 5.41) is 3.38. The Kier molecular flexibility index (Phi) is 4.95. The molecule has 0 aromatic heterocycles. The minimum Gasteiger partial charge on any atom is -0.466 e. The number of nitrogens with one attached hydrogen (secondary N) is 1. The second-order valence-electron chi connectivity index (χ2n) is 5.66. The first-order valence-electron chi connectivity index (χ1n) is 7.94. The Morgan fingerprint density at radius 3 is 1.40 bits per heavy atom. The highest BCUT2D eigenvalue weighted by Gasteiger charge is 2.42. The maximum Gasteiger partial charge on any atom is 0.336 e. The van der Waals surface area contributed by atoms with Crippen LogP contribution in [0.25, 0.3) is 0 Å². The predicted molar refractivity (Wildman–Crippen MR) is 92.6 cm³/mol. The summed E-state index contributed by atoms with van der Waals surface area (Å²) in [5.41, 5.74) is 2.33. The molecule has 0 saturated carbocycles. The minimum absolute atomic E-state index is 0.286. The van der Waals surface area contributed by atoms with Crippen LogP contribution in [-0.2, 0) is 19.1 Å². The second-order valence-corrected chi connectivity index (χ2v) is 5.66. The van der Waals surface area contributed by atoms with Crippen LogP contribution in [0, 0.1) is 0 Å². The third-order valence-corrected chi connectivity index (χ3v) is 4.28. The highest BCUT2D eigenvalue weighted by Crippen LogP contribution is 2.40. The van der Waals surface area contributed by atoms with Crippen LogP contribution in [0.4, 0.5) is 0 Å². The summed E-state index contributed by atoms with van der Waals surface area (Å²) in [6.45, 7) is 0. The van der Waals surface area contributed by atoms with E-state index in [1.54, 1.807) is 0 Å². The average Bonchev–Trinajstić information content (AvgIpc) is 3.08. The van der Waals surface area contributed by atoms with Crippen molar-refractivity contribution in [1.29, 1.82) is 0 Å². The number of rotatable bonds is 4. The van der Waals surface area contributed by atoms with E-state index in [1.165, 1.54) is 14.2 Å². The Balaban J connectivity index is 2.17. The molecule has 0 aliphatic carbocycles. The monoisotopic (exact) mass is 337 g/mol. The van der Waals surface area contributed by atoms with Gasteiger partial charge in [-0.2, -0.15) is 0 Å². The Labute approximate surface area is 146 Å². The van der Waals surface area contributed by atoms with E-state index in [0.717, 1.165) is 11.1 Å². The molecule has 0 amide bonds. The van der Waals surface area contributed by atoms with E-state index >= 15 is 0 Å². The molecule has 0 bridgehead atoms. The average molecular weight is 337 g/mol. The van der Waals surface area contributed by atoms with Crippen molar-refractivity contribution in [2.45, 2.75) is 12.1 Å². The summed E-state index contributed by atoms with van der Waals surface area (Å²) in [7, 11) is 2.62. The number of methoxy groups -OCH3 is 2. The molecule has 1 aliphatic heterocycles. The van der Waals surface area contributed by atoms with Crippen molar-refractivity contribution in [3.8, 4) is 0 Å². The summed E-state index contributed by atoms with van der Waals surface area (Å²) in [6, 6.07) is 18.1. The Morgan fingerprint density at radius 2 is 1.08 bits per heavy atom. The Morgan fingerprint density at radius 1 is 0.720 bits per heavy atom. The van der Waals surface area contributed by atoms with E-state index in [-0.39, 0.29) is 11.1 Å². The molecule has 128 valence electrons. The molecule has 2 aromatic carbocycles. The zero-order valence-electron chi connectivity index (χ0n) is 14.1. The van der Waals surface area contributed by atoms with Gasteiger partial charge in [-0.05, 0) is 11.1 Å². The summed E-state index contributed by atoms with van der Waals surface area (Å²) in [6.07, 6.45) is 0. The van der Waals surface area contributed by atoms with Crippen LogP contribution in [0.2, 0.25) is 0 Å². The highest BCUT2D eigenvalue weighted by molar-refractivity contribution is 6.03. The van der Waals surface area contributed by atoms with Gasteiger partial charge in [0.2, 0.25) is 0 Å². The van der Waals surface area contributed by atoms with Crippen molar-refractivity contribution in [1.82, 2.24) is 5.32 Å². The van der Waals surface area contributed by atoms with Crippen LogP contribution in [-0.4, -0.2) is 26.2 Å². The van der Waals surface area contributed by atoms with Gasteiger partial charge in [-0.1, -0.05) is 60.7 Å². The van der Waals surface area contributed by atoms with Gasteiger partial charge < -0.3 is 9.47 Å². The van der Waals surface area contributed by atoms with Crippen LogP contribution in [0.15, 0.2) is 71.8 Å². The zero-order chi connectivity index (χ0) is 17.8. The van der Waals surface area contributed by atoms with Crippen molar-refractivity contribution in [2.24, 2.45) is 0 Å². The fourth-order valence-electron chi connectivity index (χ4n) is 3.14. The summed E-state index contributed by atoms with van der Waals surface area (Å²) in [4.78, 5) is 25.0. The van der Waals surface area contributed by atoms with Gasteiger partial charge in [0.05, 0.1) is 37.4 Å². The third-order valence-electron chi connectivity index (χ3n) is 4.28. The SMILES string of the molecule is COC(=O)C1=C(C(=O)OC)[C@@H](c2ccccc2)N[C@@H]1c1ccccc1. The highest BCUT2D eigenvalue weighted by atomic mass is 16.5. The minimum atomic E-state index is -0.541. The molecule has 2 aromatic rings. The molecule has 1 aliphatic rings. The summed E-state index contributed by atoms with van der Waals surface area (Å²) < 4.78 is 9.90. The van der Waals surface area contributed by atoms with Gasteiger partial charge in [0, 0.05) is 0 Å². The number of hydrogen-bond acceptors (Lipinski definition) is 5. The number of benzene rings is 2. The normalized spacial score (nSPS) is 19.6. The van der Waals surface area contributed by atoms with Crippen LogP contribution < -0.4 is 5.32 Å². The molecular formula is C20H19NO4. The Bertz CT molecular complexity index is 731. The fourth-order valence-corrected chi connectivity index (χ4v) is 3.14. The van der Waals surface area contributed by atoms with Crippen molar-refractivity contribution < 1.29 is 19.1 Å². The molecule has 2 atom stereocenters. The molecule has 3 rings (SSSR count). The lowest BCUT2D eigenvalue weighted by Crippen LogP contribution is -2.23. The zero-order valence-corrected chi connectivity index (χ0v) is 14.1. The van der Waals surface area contributed by atoms with Crippen molar-refractivity contribution >= 4 is 11.9 Å². The maximum absolute atomic E-state index is 12.5. The first-order valence-corrected chi connectivity index (χ1v) is 7.94. The molecule has 0 spiro atoms. The van der Waals surface area contributed by atoms with Crippen LogP contribution in [0.5, 0.6) is 0 Å². The quantitative estimate of drug-likeness (QED) is 0.869. The first-order chi connectivity index (χ1) is 12.2. The molecule has 1 N–H and O–H groups in total. The molecule has 25 heavy (non-hydrogen) atoms. The van der Waals surface area contributed by atoms with Crippen molar-refractivity contribution in [3.05, 3.63) is 82.9 Å². The van der Waals surface area contributed by atoms with E-state index in [4.69, 9.17) is 9.47 Å². The van der Waals surface area contributed by atoms with E-state index in [2.05, 4.69) is 5.32 Å².